The van der Waals surface area contributed by atoms with Gasteiger partial charge in [-0.25, -0.2) is 0 Å². The first-order chi connectivity index (χ1) is 12.5. The molecule has 3 rings (SSSR count). The smallest absolute Gasteiger partial charge is 0.406 e. The van der Waals surface area contributed by atoms with Crippen LogP contribution < -0.4 is 10.1 Å². The van der Waals surface area contributed by atoms with E-state index in [2.05, 4.69) is 32.9 Å². The average Bonchev–Trinajstić information content (AvgIpc) is 2.81. The SMILES string of the molecule is CC/C=C(/N1CCNCC1)N1CCSc2ccc(OC(F)(F)F)cc2C1. The van der Waals surface area contributed by atoms with Crippen LogP contribution in [0, 0.1) is 0 Å². The number of ether oxygens (including phenoxy) is 1. The maximum Gasteiger partial charge on any atom is 0.573 e. The number of rotatable bonds is 4. The zero-order valence-electron chi connectivity index (χ0n) is 14.8. The van der Waals surface area contributed by atoms with E-state index in [-0.39, 0.29) is 5.75 Å². The van der Waals surface area contributed by atoms with Gasteiger partial charge >= 0.3 is 6.36 Å². The van der Waals surface area contributed by atoms with Gasteiger partial charge in [-0.2, -0.15) is 0 Å². The van der Waals surface area contributed by atoms with Crippen LogP contribution in [0.15, 0.2) is 35.0 Å². The molecular formula is C18H24F3N3OS. The standard InChI is InChI=1S/C18H24F3N3OS/c1-2-3-17(23-8-6-22-7-9-23)24-10-11-26-16-5-4-15(12-14(16)13-24)25-18(19,20)21/h3-5,12,22H,2,6-11,13H2,1H3/b17-3-. The molecule has 0 unspecified atom stereocenters. The Hall–Kier alpha value is -1.54. The number of allylic oxidation sites excluding steroid dienone is 1. The van der Waals surface area contributed by atoms with Crippen molar-refractivity contribution in [2.75, 3.05) is 38.5 Å². The van der Waals surface area contributed by atoms with Gasteiger partial charge in [0.15, 0.2) is 0 Å². The molecule has 0 aromatic heterocycles. The molecule has 1 fully saturated rings. The van der Waals surface area contributed by atoms with Crippen molar-refractivity contribution in [1.82, 2.24) is 15.1 Å². The number of alkyl halides is 3. The summed E-state index contributed by atoms with van der Waals surface area (Å²) in [6.07, 6.45) is -1.52. The Labute approximate surface area is 156 Å². The lowest BCUT2D eigenvalue weighted by atomic mass is 10.2. The fraction of sp³-hybridized carbons (Fsp3) is 0.556. The Morgan fingerprint density at radius 2 is 2.00 bits per heavy atom. The predicted octanol–water partition coefficient (Wildman–Crippen LogP) is 3.65. The van der Waals surface area contributed by atoms with E-state index in [1.54, 1.807) is 17.8 Å². The number of hydrogen-bond donors (Lipinski definition) is 1. The number of nitrogens with zero attached hydrogens (tertiary/aromatic N) is 2. The summed E-state index contributed by atoms with van der Waals surface area (Å²) in [5, 5.41) is 3.36. The minimum absolute atomic E-state index is 0.151. The van der Waals surface area contributed by atoms with Crippen LogP contribution in [-0.2, 0) is 6.54 Å². The molecule has 2 heterocycles. The highest BCUT2D eigenvalue weighted by molar-refractivity contribution is 7.99. The summed E-state index contributed by atoms with van der Waals surface area (Å²) >= 11 is 1.69. The van der Waals surface area contributed by atoms with Gasteiger partial charge < -0.3 is 19.9 Å². The van der Waals surface area contributed by atoms with Crippen molar-refractivity contribution < 1.29 is 17.9 Å². The van der Waals surface area contributed by atoms with E-state index < -0.39 is 6.36 Å². The van der Waals surface area contributed by atoms with Crippen LogP contribution in [0.4, 0.5) is 13.2 Å². The van der Waals surface area contributed by atoms with E-state index in [1.165, 1.54) is 18.0 Å². The van der Waals surface area contributed by atoms with E-state index in [0.29, 0.717) is 6.54 Å². The molecule has 0 bridgehead atoms. The minimum Gasteiger partial charge on any atom is -0.406 e. The third kappa shape index (κ3) is 5.01. The molecule has 2 aliphatic heterocycles. The number of thioether (sulfide) groups is 1. The number of halogens is 3. The van der Waals surface area contributed by atoms with Gasteiger partial charge in [-0.15, -0.1) is 24.9 Å². The van der Waals surface area contributed by atoms with Crippen LogP contribution in [0.1, 0.15) is 18.9 Å². The van der Waals surface area contributed by atoms with Gasteiger partial charge in [0.25, 0.3) is 0 Å². The molecule has 144 valence electrons. The molecule has 0 amide bonds. The number of hydrogen-bond acceptors (Lipinski definition) is 5. The number of nitrogens with one attached hydrogen (secondary N) is 1. The second-order valence-electron chi connectivity index (χ2n) is 6.29. The summed E-state index contributed by atoms with van der Waals surface area (Å²) in [6.45, 7) is 7.35. The summed E-state index contributed by atoms with van der Waals surface area (Å²) in [7, 11) is 0. The van der Waals surface area contributed by atoms with E-state index in [0.717, 1.165) is 55.4 Å². The van der Waals surface area contributed by atoms with Crippen LogP contribution in [-0.4, -0.2) is 54.6 Å². The van der Waals surface area contributed by atoms with Crippen LogP contribution >= 0.6 is 11.8 Å². The lowest BCUT2D eigenvalue weighted by Gasteiger charge is -2.38. The fourth-order valence-corrected chi connectivity index (χ4v) is 4.30. The summed E-state index contributed by atoms with van der Waals surface area (Å²) < 4.78 is 41.7. The van der Waals surface area contributed by atoms with Gasteiger partial charge in [-0.3, -0.25) is 0 Å². The molecule has 4 nitrogen and oxygen atoms in total. The van der Waals surface area contributed by atoms with E-state index in [4.69, 9.17) is 0 Å². The highest BCUT2D eigenvalue weighted by atomic mass is 32.2. The van der Waals surface area contributed by atoms with Gasteiger partial charge in [-0.1, -0.05) is 6.92 Å². The normalized spacial score (nSPS) is 19.2. The molecule has 8 heteroatoms. The summed E-state index contributed by atoms with van der Waals surface area (Å²) in [4.78, 5) is 5.68. The van der Waals surface area contributed by atoms with Crippen molar-refractivity contribution in [3.63, 3.8) is 0 Å². The molecule has 1 saturated heterocycles. The number of piperazine rings is 1. The molecule has 1 aromatic carbocycles. The number of fused-ring (bicyclic) bond motifs is 1. The molecule has 0 atom stereocenters. The van der Waals surface area contributed by atoms with Gasteiger partial charge in [-0.05, 0) is 36.3 Å². The molecule has 0 radical (unpaired) electrons. The van der Waals surface area contributed by atoms with Gasteiger partial charge in [0.1, 0.15) is 11.6 Å². The summed E-state index contributed by atoms with van der Waals surface area (Å²) in [5.74, 6) is 1.94. The van der Waals surface area contributed by atoms with Gasteiger partial charge in [0.2, 0.25) is 0 Å². The zero-order chi connectivity index (χ0) is 18.6. The number of benzene rings is 1. The van der Waals surface area contributed by atoms with Crippen molar-refractivity contribution in [3.05, 3.63) is 35.7 Å². The third-order valence-electron chi connectivity index (χ3n) is 4.40. The van der Waals surface area contributed by atoms with E-state index in [1.807, 2.05) is 0 Å². The van der Waals surface area contributed by atoms with Crippen molar-refractivity contribution in [2.45, 2.75) is 31.1 Å². The first kappa shape index (κ1) is 19.2. The fourth-order valence-electron chi connectivity index (χ4n) is 3.30. The monoisotopic (exact) mass is 387 g/mol. The first-order valence-electron chi connectivity index (χ1n) is 8.88. The second-order valence-corrected chi connectivity index (χ2v) is 7.43. The molecule has 0 spiro atoms. The van der Waals surface area contributed by atoms with Crippen LogP contribution in [0.2, 0.25) is 0 Å². The van der Waals surface area contributed by atoms with E-state index in [9.17, 15) is 13.2 Å². The Morgan fingerprint density at radius 3 is 2.69 bits per heavy atom. The molecular weight excluding hydrogens is 363 g/mol. The van der Waals surface area contributed by atoms with E-state index >= 15 is 0 Å². The van der Waals surface area contributed by atoms with Crippen LogP contribution in [0.3, 0.4) is 0 Å². The second kappa shape index (κ2) is 8.43. The highest BCUT2D eigenvalue weighted by Crippen LogP contribution is 2.34. The van der Waals surface area contributed by atoms with Gasteiger partial charge in [0, 0.05) is 49.9 Å². The lowest BCUT2D eigenvalue weighted by molar-refractivity contribution is -0.274. The maximum atomic E-state index is 12.5. The topological polar surface area (TPSA) is 27.7 Å². The molecule has 1 aromatic rings. The highest BCUT2D eigenvalue weighted by Gasteiger charge is 2.31. The minimum atomic E-state index is -4.67. The van der Waals surface area contributed by atoms with Crippen molar-refractivity contribution in [3.8, 4) is 5.75 Å². The lowest BCUT2D eigenvalue weighted by Crippen LogP contribution is -2.46. The Morgan fingerprint density at radius 1 is 1.23 bits per heavy atom. The molecule has 26 heavy (non-hydrogen) atoms. The summed E-state index contributed by atoms with van der Waals surface area (Å²) in [5.41, 5.74) is 0.881. The van der Waals surface area contributed by atoms with Gasteiger partial charge in [0.05, 0.1) is 0 Å². The largest absolute Gasteiger partial charge is 0.573 e. The maximum absolute atomic E-state index is 12.5. The van der Waals surface area contributed by atoms with Crippen molar-refractivity contribution in [2.24, 2.45) is 0 Å². The Balaban J connectivity index is 1.82. The molecule has 1 N–H and O–H groups in total. The Bertz CT molecular complexity index is 645. The zero-order valence-corrected chi connectivity index (χ0v) is 15.6. The van der Waals surface area contributed by atoms with Crippen LogP contribution in [0.5, 0.6) is 5.75 Å². The van der Waals surface area contributed by atoms with Crippen molar-refractivity contribution in [1.29, 1.82) is 0 Å². The molecule has 0 aliphatic carbocycles. The quantitative estimate of drug-likeness (QED) is 0.851. The summed E-state index contributed by atoms with van der Waals surface area (Å²) in [6, 6.07) is 4.65. The Kier molecular flexibility index (Phi) is 6.24. The third-order valence-corrected chi connectivity index (χ3v) is 5.49. The molecule has 2 aliphatic rings. The van der Waals surface area contributed by atoms with Crippen molar-refractivity contribution >= 4 is 11.8 Å². The predicted molar refractivity (Wildman–Crippen MR) is 97.1 cm³/mol. The average molecular weight is 387 g/mol. The molecule has 0 saturated carbocycles. The van der Waals surface area contributed by atoms with Crippen LogP contribution in [0.25, 0.3) is 0 Å². The first-order valence-corrected chi connectivity index (χ1v) is 9.87.